The third-order valence-electron chi connectivity index (χ3n) is 5.32. The smallest absolute Gasteiger partial charge is 0.390 e. The highest BCUT2D eigenvalue weighted by atomic mass is 19.4. The van der Waals surface area contributed by atoms with Crippen LogP contribution >= 0.6 is 0 Å². The number of anilines is 2. The van der Waals surface area contributed by atoms with Crippen molar-refractivity contribution in [1.29, 1.82) is 0 Å². The van der Waals surface area contributed by atoms with Crippen molar-refractivity contribution in [3.05, 3.63) is 41.4 Å². The highest BCUT2D eigenvalue weighted by molar-refractivity contribution is 6.07. The fourth-order valence-corrected chi connectivity index (χ4v) is 3.54. The summed E-state index contributed by atoms with van der Waals surface area (Å²) in [7, 11) is 1.18. The fraction of sp³-hybridized carbons (Fsp3) is 0.381. The molecule has 1 aromatic heterocycles. The van der Waals surface area contributed by atoms with E-state index in [1.165, 1.54) is 37.7 Å². The minimum Gasteiger partial charge on any atom is -0.465 e. The molecule has 0 saturated heterocycles. The van der Waals surface area contributed by atoms with E-state index < -0.39 is 36.2 Å². The molecule has 1 saturated carbocycles. The van der Waals surface area contributed by atoms with Gasteiger partial charge in [0.15, 0.2) is 5.78 Å². The standard InChI is InChI=1S/C21H19F3N4O4/c1-32-20(31)13-9-25-15(28-19(30)10-2-3-10)6-14(13)27-18-16-12(8-26-18)5-4-11(17(16)29)7-21(22,23)24/h4-6,8-12H,2-3,7H2,1H3,(H2,25,27,28,30). The van der Waals surface area contributed by atoms with Gasteiger partial charge in [0.25, 0.3) is 0 Å². The van der Waals surface area contributed by atoms with Gasteiger partial charge < -0.3 is 15.4 Å². The molecule has 2 unspecified atom stereocenters. The molecule has 8 nitrogen and oxygen atoms in total. The third-order valence-corrected chi connectivity index (χ3v) is 5.32. The highest BCUT2D eigenvalue weighted by Crippen LogP contribution is 2.37. The molecule has 168 valence electrons. The maximum Gasteiger partial charge on any atom is 0.390 e. The number of nitrogens with one attached hydrogen (secondary N) is 2. The summed E-state index contributed by atoms with van der Waals surface area (Å²) in [6.45, 7) is 0. The number of aliphatic imine (C=N–C) groups is 1. The molecule has 4 rings (SSSR count). The van der Waals surface area contributed by atoms with Gasteiger partial charge in [-0.15, -0.1) is 0 Å². The number of Topliss-reactive ketones (excluding diaryl/α,β-unsaturated/α-hetero) is 1. The Labute approximate surface area is 180 Å². The van der Waals surface area contributed by atoms with Crippen LogP contribution in [0.4, 0.5) is 24.7 Å². The van der Waals surface area contributed by atoms with Gasteiger partial charge in [0.2, 0.25) is 5.91 Å². The summed E-state index contributed by atoms with van der Waals surface area (Å²) in [5.41, 5.74) is 0.236. The first-order valence-electron chi connectivity index (χ1n) is 9.90. The molecule has 0 spiro atoms. The summed E-state index contributed by atoms with van der Waals surface area (Å²) in [5.74, 6) is -3.38. The molecule has 0 bridgehead atoms. The number of ketones is 1. The molecule has 0 radical (unpaired) electrons. The van der Waals surface area contributed by atoms with Crippen molar-refractivity contribution < 1.29 is 32.3 Å². The van der Waals surface area contributed by atoms with Crippen molar-refractivity contribution in [3.63, 3.8) is 0 Å². The summed E-state index contributed by atoms with van der Waals surface area (Å²) in [6, 6.07) is 1.39. The quantitative estimate of drug-likeness (QED) is 0.511. The number of carbonyl (C=O) groups excluding carboxylic acids is 3. The predicted molar refractivity (Wildman–Crippen MR) is 108 cm³/mol. The fourth-order valence-electron chi connectivity index (χ4n) is 3.54. The van der Waals surface area contributed by atoms with Crippen molar-refractivity contribution in [3.8, 4) is 0 Å². The topological polar surface area (TPSA) is 110 Å². The summed E-state index contributed by atoms with van der Waals surface area (Å²) in [6.07, 6.45) is 1.19. The zero-order chi connectivity index (χ0) is 23.0. The van der Waals surface area contributed by atoms with Gasteiger partial charge >= 0.3 is 12.1 Å². The van der Waals surface area contributed by atoms with E-state index in [2.05, 4.69) is 20.6 Å². The van der Waals surface area contributed by atoms with Crippen LogP contribution in [-0.4, -0.2) is 42.1 Å². The lowest BCUT2D eigenvalue weighted by Crippen LogP contribution is -2.28. The zero-order valence-electron chi connectivity index (χ0n) is 16.9. The molecule has 1 amide bonds. The van der Waals surface area contributed by atoms with Crippen molar-refractivity contribution in [2.45, 2.75) is 25.4 Å². The number of allylic oxidation sites excluding steroid dienone is 3. The lowest BCUT2D eigenvalue weighted by Gasteiger charge is -2.22. The van der Waals surface area contributed by atoms with Crippen LogP contribution in [0.25, 0.3) is 0 Å². The van der Waals surface area contributed by atoms with Gasteiger partial charge in [-0.25, -0.2) is 14.8 Å². The normalized spacial score (nSPS) is 22.1. The van der Waals surface area contributed by atoms with Crippen molar-refractivity contribution in [2.75, 3.05) is 17.7 Å². The second-order valence-corrected chi connectivity index (χ2v) is 7.74. The number of ether oxygens (including phenoxy) is 1. The molecule has 11 heteroatoms. The number of aromatic nitrogens is 1. The number of fused-ring (bicyclic) bond motifs is 1. The molecule has 2 N–H and O–H groups in total. The van der Waals surface area contributed by atoms with E-state index >= 15 is 0 Å². The molecular formula is C21H19F3N4O4. The first kappa shape index (κ1) is 21.7. The third kappa shape index (κ3) is 4.56. The highest BCUT2D eigenvalue weighted by Gasteiger charge is 2.40. The van der Waals surface area contributed by atoms with Crippen LogP contribution in [0.15, 0.2) is 40.8 Å². The van der Waals surface area contributed by atoms with Crippen LogP contribution in [0.2, 0.25) is 0 Å². The number of methoxy groups -OCH3 is 1. The van der Waals surface area contributed by atoms with Crippen molar-refractivity contribution in [1.82, 2.24) is 4.98 Å². The number of hydrogen-bond donors (Lipinski definition) is 2. The van der Waals surface area contributed by atoms with Gasteiger partial charge in [-0.3, -0.25) is 9.59 Å². The Morgan fingerprint density at radius 3 is 2.66 bits per heavy atom. The number of halogens is 3. The van der Waals surface area contributed by atoms with Gasteiger partial charge in [-0.05, 0) is 12.8 Å². The van der Waals surface area contributed by atoms with Crippen LogP contribution in [0.1, 0.15) is 29.6 Å². The maximum atomic E-state index is 12.8. The largest absolute Gasteiger partial charge is 0.465 e. The van der Waals surface area contributed by atoms with Gasteiger partial charge in [0.05, 0.1) is 24.8 Å². The number of amides is 1. The Balaban J connectivity index is 1.65. The summed E-state index contributed by atoms with van der Waals surface area (Å²) in [5, 5.41) is 5.50. The molecule has 2 atom stereocenters. The van der Waals surface area contributed by atoms with E-state index in [1.807, 2.05) is 0 Å². The Bertz CT molecular complexity index is 1070. The van der Waals surface area contributed by atoms with Crippen LogP contribution in [0.5, 0.6) is 0 Å². The van der Waals surface area contributed by atoms with Crippen molar-refractivity contribution in [2.24, 2.45) is 22.7 Å². The minimum absolute atomic E-state index is 0.00862. The average molecular weight is 448 g/mol. The summed E-state index contributed by atoms with van der Waals surface area (Å²) < 4.78 is 43.3. The lowest BCUT2D eigenvalue weighted by molar-refractivity contribution is -0.148. The van der Waals surface area contributed by atoms with Gasteiger partial charge in [0, 0.05) is 36.2 Å². The number of pyridine rings is 1. The minimum atomic E-state index is -4.50. The second kappa shape index (κ2) is 8.21. The molecule has 32 heavy (non-hydrogen) atoms. The predicted octanol–water partition coefficient (Wildman–Crippen LogP) is 3.25. The number of carbonyl (C=O) groups is 3. The Kier molecular flexibility index (Phi) is 5.57. The van der Waals surface area contributed by atoms with E-state index in [4.69, 9.17) is 4.74 Å². The molecule has 0 aromatic carbocycles. The van der Waals surface area contributed by atoms with E-state index in [1.54, 1.807) is 0 Å². The van der Waals surface area contributed by atoms with Crippen LogP contribution in [0.3, 0.4) is 0 Å². The van der Waals surface area contributed by atoms with E-state index in [0.717, 1.165) is 12.8 Å². The average Bonchev–Trinajstić information content (AvgIpc) is 3.51. The molecule has 3 aliphatic rings. The van der Waals surface area contributed by atoms with Crippen LogP contribution in [0, 0.1) is 17.8 Å². The van der Waals surface area contributed by atoms with Gasteiger partial charge in [0.1, 0.15) is 17.2 Å². The molecular weight excluding hydrogens is 429 g/mol. The monoisotopic (exact) mass is 448 g/mol. The van der Waals surface area contributed by atoms with Gasteiger partial charge in [-0.2, -0.15) is 13.2 Å². The Hall–Kier alpha value is -3.50. The zero-order valence-corrected chi connectivity index (χ0v) is 16.9. The summed E-state index contributed by atoms with van der Waals surface area (Å²) in [4.78, 5) is 45.2. The number of alkyl halides is 3. The summed E-state index contributed by atoms with van der Waals surface area (Å²) >= 11 is 0. The second-order valence-electron chi connectivity index (χ2n) is 7.74. The van der Waals surface area contributed by atoms with Crippen LogP contribution in [-0.2, 0) is 14.3 Å². The number of nitrogens with zero attached hydrogens (tertiary/aromatic N) is 2. The van der Waals surface area contributed by atoms with E-state index in [0.29, 0.717) is 0 Å². The number of esters is 1. The van der Waals surface area contributed by atoms with E-state index in [-0.39, 0.29) is 40.3 Å². The first-order chi connectivity index (χ1) is 15.2. The molecule has 1 fully saturated rings. The van der Waals surface area contributed by atoms with Gasteiger partial charge in [-0.1, -0.05) is 12.2 Å². The molecule has 1 aromatic rings. The van der Waals surface area contributed by atoms with Crippen LogP contribution < -0.4 is 10.6 Å². The van der Waals surface area contributed by atoms with Crippen molar-refractivity contribution >= 4 is 35.4 Å². The Morgan fingerprint density at radius 1 is 1.25 bits per heavy atom. The number of rotatable bonds is 6. The molecule has 1 aliphatic heterocycles. The number of hydrogen-bond acceptors (Lipinski definition) is 7. The Morgan fingerprint density at radius 2 is 2.00 bits per heavy atom. The SMILES string of the molecule is COC(=O)c1cnc(NC(=O)C2CC2)cc1NC1=C2C(=O)C(CC(F)(F)F)C=CC2C=N1. The lowest BCUT2D eigenvalue weighted by atomic mass is 9.82. The molecule has 2 aliphatic carbocycles. The molecule has 2 heterocycles. The van der Waals surface area contributed by atoms with E-state index in [9.17, 15) is 27.6 Å². The first-order valence-corrected chi connectivity index (χ1v) is 9.90. The maximum absolute atomic E-state index is 12.8.